The molecule has 0 saturated carbocycles. The first-order valence-electron chi connectivity index (χ1n) is 6.79. The fraction of sp³-hybridized carbons (Fsp3) is 0.125. The Morgan fingerprint density at radius 3 is 2.73 bits per heavy atom. The molecule has 0 bridgehead atoms. The average Bonchev–Trinajstić information content (AvgIpc) is 3.22. The van der Waals surface area contributed by atoms with Crippen LogP contribution in [0, 0.1) is 0 Å². The van der Waals surface area contributed by atoms with Crippen molar-refractivity contribution in [3.63, 3.8) is 0 Å². The zero-order valence-electron chi connectivity index (χ0n) is 11.7. The summed E-state index contributed by atoms with van der Waals surface area (Å²) in [4.78, 5) is 17.4. The highest BCUT2D eigenvalue weighted by molar-refractivity contribution is 7.17. The van der Waals surface area contributed by atoms with Crippen LogP contribution in [0.5, 0.6) is 0 Å². The summed E-state index contributed by atoms with van der Waals surface area (Å²) >= 11 is 1.27. The fourth-order valence-electron chi connectivity index (χ4n) is 2.02. The van der Waals surface area contributed by atoms with E-state index in [2.05, 4.69) is 10.3 Å². The molecule has 5 nitrogen and oxygen atoms in total. The molecular formula is C16H14N2O3S. The third-order valence-electron chi connectivity index (χ3n) is 3.01. The molecule has 112 valence electrons. The Morgan fingerprint density at radius 1 is 1.23 bits per heavy atom. The number of aliphatic hydroxyl groups is 1. The van der Waals surface area contributed by atoms with Crippen molar-refractivity contribution >= 4 is 17.2 Å². The number of rotatable bonds is 5. The van der Waals surface area contributed by atoms with Gasteiger partial charge in [-0.3, -0.25) is 4.79 Å². The SMILES string of the molecule is O=C(NCCO)c1sc(-c2ccco2)nc1-c1ccccc1. The van der Waals surface area contributed by atoms with E-state index in [9.17, 15) is 4.79 Å². The summed E-state index contributed by atoms with van der Waals surface area (Å²) in [6.45, 7) is 0.108. The minimum absolute atomic E-state index is 0.101. The highest BCUT2D eigenvalue weighted by Crippen LogP contribution is 2.33. The highest BCUT2D eigenvalue weighted by atomic mass is 32.1. The van der Waals surface area contributed by atoms with Crippen LogP contribution in [0.3, 0.4) is 0 Å². The van der Waals surface area contributed by atoms with E-state index >= 15 is 0 Å². The number of hydrogen-bond acceptors (Lipinski definition) is 5. The summed E-state index contributed by atoms with van der Waals surface area (Å²) in [5.41, 5.74) is 1.48. The number of carbonyl (C=O) groups excluding carboxylic acids is 1. The minimum atomic E-state index is -0.247. The highest BCUT2D eigenvalue weighted by Gasteiger charge is 2.20. The predicted octanol–water partition coefficient (Wildman–Crippen LogP) is 2.79. The molecule has 2 aromatic heterocycles. The van der Waals surface area contributed by atoms with Gasteiger partial charge in [0.15, 0.2) is 10.8 Å². The van der Waals surface area contributed by atoms with Crippen LogP contribution in [0.25, 0.3) is 22.0 Å². The molecule has 0 atom stereocenters. The first-order chi connectivity index (χ1) is 10.8. The van der Waals surface area contributed by atoms with E-state index in [1.54, 1.807) is 12.3 Å². The van der Waals surface area contributed by atoms with Crippen LogP contribution in [-0.4, -0.2) is 29.1 Å². The molecule has 2 N–H and O–H groups in total. The Bertz CT molecular complexity index is 751. The van der Waals surface area contributed by atoms with E-state index in [0.717, 1.165) is 5.56 Å². The van der Waals surface area contributed by atoms with E-state index in [4.69, 9.17) is 9.52 Å². The van der Waals surface area contributed by atoms with Gasteiger partial charge in [0.2, 0.25) is 0 Å². The molecule has 2 heterocycles. The lowest BCUT2D eigenvalue weighted by Gasteiger charge is -2.03. The van der Waals surface area contributed by atoms with E-state index < -0.39 is 0 Å². The van der Waals surface area contributed by atoms with Crippen LogP contribution >= 0.6 is 11.3 Å². The van der Waals surface area contributed by atoms with Gasteiger partial charge >= 0.3 is 0 Å². The van der Waals surface area contributed by atoms with Crippen LogP contribution in [0.15, 0.2) is 53.1 Å². The van der Waals surface area contributed by atoms with Gasteiger partial charge in [-0.2, -0.15) is 0 Å². The van der Waals surface area contributed by atoms with Crippen LogP contribution < -0.4 is 5.32 Å². The first kappa shape index (κ1) is 14.5. The number of benzene rings is 1. The monoisotopic (exact) mass is 314 g/mol. The average molecular weight is 314 g/mol. The lowest BCUT2D eigenvalue weighted by atomic mass is 10.1. The molecule has 0 saturated heterocycles. The molecule has 0 fully saturated rings. The molecule has 6 heteroatoms. The van der Waals surface area contributed by atoms with Crippen LogP contribution in [0.2, 0.25) is 0 Å². The molecule has 0 aliphatic carbocycles. The zero-order valence-corrected chi connectivity index (χ0v) is 12.5. The Balaban J connectivity index is 2.04. The van der Waals surface area contributed by atoms with Gasteiger partial charge in [0.1, 0.15) is 4.88 Å². The number of amides is 1. The quantitative estimate of drug-likeness (QED) is 0.759. The van der Waals surface area contributed by atoms with Gasteiger partial charge in [0, 0.05) is 12.1 Å². The molecule has 0 aliphatic rings. The molecule has 1 aromatic carbocycles. The summed E-state index contributed by atoms with van der Waals surface area (Å²) in [6.07, 6.45) is 1.57. The van der Waals surface area contributed by atoms with Crippen molar-refractivity contribution in [1.82, 2.24) is 10.3 Å². The zero-order chi connectivity index (χ0) is 15.4. The van der Waals surface area contributed by atoms with Crippen LogP contribution in [0.1, 0.15) is 9.67 Å². The van der Waals surface area contributed by atoms with Gasteiger partial charge in [-0.25, -0.2) is 4.98 Å². The Hall–Kier alpha value is -2.44. The first-order valence-corrected chi connectivity index (χ1v) is 7.60. The number of hydrogen-bond donors (Lipinski definition) is 2. The Morgan fingerprint density at radius 2 is 2.05 bits per heavy atom. The van der Waals surface area contributed by atoms with Gasteiger partial charge in [-0.1, -0.05) is 30.3 Å². The number of nitrogens with zero attached hydrogens (tertiary/aromatic N) is 1. The maximum Gasteiger partial charge on any atom is 0.263 e. The third kappa shape index (κ3) is 2.93. The minimum Gasteiger partial charge on any atom is -0.462 e. The van der Waals surface area contributed by atoms with Gasteiger partial charge in [-0.05, 0) is 12.1 Å². The van der Waals surface area contributed by atoms with Gasteiger partial charge in [-0.15, -0.1) is 11.3 Å². The lowest BCUT2D eigenvalue weighted by molar-refractivity contribution is 0.0949. The number of nitrogens with one attached hydrogen (secondary N) is 1. The molecule has 3 aromatic rings. The van der Waals surface area contributed by atoms with E-state index in [0.29, 0.717) is 21.3 Å². The topological polar surface area (TPSA) is 75.4 Å². The third-order valence-corrected chi connectivity index (χ3v) is 4.08. The molecule has 0 unspecified atom stereocenters. The summed E-state index contributed by atoms with van der Waals surface area (Å²) in [5.74, 6) is 0.381. The lowest BCUT2D eigenvalue weighted by Crippen LogP contribution is -2.26. The number of thiazole rings is 1. The number of furan rings is 1. The molecule has 22 heavy (non-hydrogen) atoms. The smallest absolute Gasteiger partial charge is 0.263 e. The van der Waals surface area contributed by atoms with Gasteiger partial charge < -0.3 is 14.8 Å². The van der Waals surface area contributed by atoms with Crippen LogP contribution in [0.4, 0.5) is 0 Å². The summed E-state index contributed by atoms with van der Waals surface area (Å²) in [6, 6.07) is 13.1. The fourth-order valence-corrected chi connectivity index (χ4v) is 2.99. The van der Waals surface area contributed by atoms with Crippen molar-refractivity contribution in [3.8, 4) is 22.0 Å². The maximum absolute atomic E-state index is 12.3. The second kappa shape index (κ2) is 6.55. The Kier molecular flexibility index (Phi) is 4.32. The molecule has 3 rings (SSSR count). The normalized spacial score (nSPS) is 10.6. The number of aromatic nitrogens is 1. The predicted molar refractivity (Wildman–Crippen MR) is 84.7 cm³/mol. The van der Waals surface area contributed by atoms with E-state index in [1.165, 1.54) is 11.3 Å². The molecule has 1 amide bonds. The molecule has 0 radical (unpaired) electrons. The summed E-state index contributed by atoms with van der Waals surface area (Å²) < 4.78 is 5.36. The van der Waals surface area contributed by atoms with Gasteiger partial charge in [0.05, 0.1) is 18.6 Å². The van der Waals surface area contributed by atoms with Crippen molar-refractivity contribution in [2.75, 3.05) is 13.2 Å². The second-order valence-electron chi connectivity index (χ2n) is 4.52. The van der Waals surface area contributed by atoms with Crippen LogP contribution in [-0.2, 0) is 0 Å². The largest absolute Gasteiger partial charge is 0.462 e. The number of aliphatic hydroxyl groups excluding tert-OH is 1. The van der Waals surface area contributed by atoms with Crippen molar-refractivity contribution in [1.29, 1.82) is 0 Å². The maximum atomic E-state index is 12.3. The van der Waals surface area contributed by atoms with E-state index in [-0.39, 0.29) is 19.1 Å². The second-order valence-corrected chi connectivity index (χ2v) is 5.52. The van der Waals surface area contributed by atoms with Gasteiger partial charge in [0.25, 0.3) is 5.91 Å². The standard InChI is InChI=1S/C16H14N2O3S/c19-9-8-17-15(20)14-13(11-5-2-1-3-6-11)18-16(22-14)12-7-4-10-21-12/h1-7,10,19H,8-9H2,(H,17,20). The molecule has 0 spiro atoms. The van der Waals surface area contributed by atoms with E-state index in [1.807, 2.05) is 36.4 Å². The number of carbonyl (C=O) groups is 1. The van der Waals surface area contributed by atoms with Crippen molar-refractivity contribution in [2.24, 2.45) is 0 Å². The molecule has 0 aliphatic heterocycles. The summed E-state index contributed by atoms with van der Waals surface area (Å²) in [7, 11) is 0. The van der Waals surface area contributed by atoms with Crippen molar-refractivity contribution in [2.45, 2.75) is 0 Å². The summed E-state index contributed by atoms with van der Waals surface area (Å²) in [5, 5.41) is 12.2. The van der Waals surface area contributed by atoms with Crippen molar-refractivity contribution < 1.29 is 14.3 Å². The Labute approximate surface area is 131 Å². The van der Waals surface area contributed by atoms with Crippen molar-refractivity contribution in [3.05, 3.63) is 53.6 Å². The molecular weight excluding hydrogens is 300 g/mol.